The van der Waals surface area contributed by atoms with Gasteiger partial charge in [-0.05, 0) is 31.1 Å². The largest absolute Gasteiger partial charge is 0.342 e. The van der Waals surface area contributed by atoms with E-state index in [1.807, 2.05) is 4.90 Å². The number of nitrogens with one attached hydrogen (secondary N) is 1. The molecule has 2 aliphatic rings. The highest BCUT2D eigenvalue weighted by molar-refractivity contribution is 5.97. The van der Waals surface area contributed by atoms with Crippen LogP contribution in [0.5, 0.6) is 0 Å². The summed E-state index contributed by atoms with van der Waals surface area (Å²) < 4.78 is 0. The number of amides is 2. The van der Waals surface area contributed by atoms with Gasteiger partial charge in [0.1, 0.15) is 12.1 Å². The maximum Gasteiger partial charge on any atom is 0.246 e. The van der Waals surface area contributed by atoms with E-state index in [1.165, 1.54) is 0 Å². The topological polar surface area (TPSA) is 49.4 Å². The lowest BCUT2D eigenvalue weighted by molar-refractivity contribution is -0.152. The van der Waals surface area contributed by atoms with Crippen molar-refractivity contribution < 1.29 is 9.59 Å². The van der Waals surface area contributed by atoms with E-state index in [1.54, 1.807) is 0 Å². The molecule has 0 aromatic carbocycles. The monoisotopic (exact) mass is 252 g/mol. The molecular formula is C14H24N2O2. The average molecular weight is 252 g/mol. The van der Waals surface area contributed by atoms with Crippen LogP contribution >= 0.6 is 0 Å². The molecule has 1 aliphatic carbocycles. The summed E-state index contributed by atoms with van der Waals surface area (Å²) in [6.45, 7) is 6.88. The van der Waals surface area contributed by atoms with Crippen LogP contribution in [0, 0.1) is 11.8 Å². The molecule has 1 heterocycles. The predicted octanol–water partition coefficient (Wildman–Crippen LogP) is 1.55. The van der Waals surface area contributed by atoms with Crippen molar-refractivity contribution in [3.05, 3.63) is 0 Å². The van der Waals surface area contributed by atoms with E-state index in [0.717, 1.165) is 25.7 Å². The van der Waals surface area contributed by atoms with E-state index >= 15 is 0 Å². The minimum atomic E-state index is -0.266. The second-order valence-corrected chi connectivity index (χ2v) is 5.69. The van der Waals surface area contributed by atoms with Crippen molar-refractivity contribution in [2.24, 2.45) is 11.8 Å². The van der Waals surface area contributed by atoms with Crippen molar-refractivity contribution in [2.75, 3.05) is 6.54 Å². The third-order valence-corrected chi connectivity index (χ3v) is 4.19. The fourth-order valence-electron chi connectivity index (χ4n) is 2.79. The lowest BCUT2D eigenvalue weighted by Gasteiger charge is -2.41. The second-order valence-electron chi connectivity index (χ2n) is 5.69. The third kappa shape index (κ3) is 2.38. The Balaban J connectivity index is 2.18. The highest BCUT2D eigenvalue weighted by Crippen LogP contribution is 2.35. The summed E-state index contributed by atoms with van der Waals surface area (Å²) in [4.78, 5) is 26.6. The fourth-order valence-corrected chi connectivity index (χ4v) is 2.79. The van der Waals surface area contributed by atoms with Crippen LogP contribution in [0.4, 0.5) is 0 Å². The molecule has 102 valence electrons. The molecule has 4 heteroatoms. The van der Waals surface area contributed by atoms with Crippen molar-refractivity contribution >= 4 is 11.8 Å². The molecule has 1 N–H and O–H groups in total. The molecule has 2 amide bonds. The number of hydrogen-bond donors (Lipinski definition) is 1. The zero-order valence-electron chi connectivity index (χ0n) is 11.6. The van der Waals surface area contributed by atoms with E-state index in [0.29, 0.717) is 12.5 Å². The molecule has 1 saturated carbocycles. The van der Waals surface area contributed by atoms with E-state index in [4.69, 9.17) is 0 Å². The zero-order valence-corrected chi connectivity index (χ0v) is 11.6. The Morgan fingerprint density at radius 2 is 2.00 bits per heavy atom. The van der Waals surface area contributed by atoms with Gasteiger partial charge in [-0.15, -0.1) is 0 Å². The Bertz CT molecular complexity index is 339. The molecule has 3 unspecified atom stereocenters. The molecule has 18 heavy (non-hydrogen) atoms. The van der Waals surface area contributed by atoms with E-state index in [9.17, 15) is 9.59 Å². The van der Waals surface area contributed by atoms with Gasteiger partial charge in [-0.25, -0.2) is 0 Å². The van der Waals surface area contributed by atoms with Gasteiger partial charge in [0.15, 0.2) is 0 Å². The number of piperazine rings is 1. The highest BCUT2D eigenvalue weighted by Gasteiger charge is 2.47. The first-order chi connectivity index (χ1) is 8.60. The maximum absolute atomic E-state index is 12.5. The van der Waals surface area contributed by atoms with Crippen molar-refractivity contribution in [2.45, 2.75) is 58.5 Å². The van der Waals surface area contributed by atoms with E-state index in [2.05, 4.69) is 26.1 Å². The van der Waals surface area contributed by atoms with Gasteiger partial charge < -0.3 is 10.2 Å². The van der Waals surface area contributed by atoms with E-state index in [-0.39, 0.29) is 29.8 Å². The Labute approximate surface area is 109 Å². The molecule has 4 nitrogen and oxygen atoms in total. The molecule has 1 saturated heterocycles. The number of carbonyl (C=O) groups is 2. The normalized spacial score (nSPS) is 30.3. The Morgan fingerprint density at radius 1 is 1.33 bits per heavy atom. The summed E-state index contributed by atoms with van der Waals surface area (Å²) in [6, 6.07) is -0.512. The van der Waals surface area contributed by atoms with Crippen LogP contribution in [0.15, 0.2) is 0 Å². The van der Waals surface area contributed by atoms with Gasteiger partial charge in [0, 0.05) is 6.54 Å². The summed E-state index contributed by atoms with van der Waals surface area (Å²) in [7, 11) is 0. The van der Waals surface area contributed by atoms with Crippen LogP contribution in [-0.2, 0) is 9.59 Å². The van der Waals surface area contributed by atoms with Gasteiger partial charge in [-0.3, -0.25) is 9.59 Å². The van der Waals surface area contributed by atoms with Crippen LogP contribution in [0.2, 0.25) is 0 Å². The minimum Gasteiger partial charge on any atom is -0.342 e. The number of carbonyl (C=O) groups excluding carboxylic acids is 2. The van der Waals surface area contributed by atoms with E-state index < -0.39 is 0 Å². The first-order valence-corrected chi connectivity index (χ1v) is 7.21. The van der Waals surface area contributed by atoms with Gasteiger partial charge in [-0.1, -0.05) is 27.2 Å². The summed E-state index contributed by atoms with van der Waals surface area (Å²) in [5, 5.41) is 2.95. The van der Waals surface area contributed by atoms with Crippen molar-refractivity contribution in [1.82, 2.24) is 10.2 Å². The molecule has 0 spiro atoms. The van der Waals surface area contributed by atoms with Crippen LogP contribution < -0.4 is 5.32 Å². The lowest BCUT2D eigenvalue weighted by atomic mass is 9.92. The van der Waals surface area contributed by atoms with Gasteiger partial charge in [-0.2, -0.15) is 0 Å². The van der Waals surface area contributed by atoms with Crippen molar-refractivity contribution in [3.63, 3.8) is 0 Å². The van der Waals surface area contributed by atoms with Crippen LogP contribution in [0.3, 0.4) is 0 Å². The quantitative estimate of drug-likeness (QED) is 0.807. The SMILES string of the molecule is CCCN1C(=O)C(C2CC2)NC(=O)C1C(C)CC. The molecule has 1 aliphatic heterocycles. The van der Waals surface area contributed by atoms with Crippen LogP contribution in [0.25, 0.3) is 0 Å². The average Bonchev–Trinajstić information content (AvgIpc) is 3.17. The molecule has 3 atom stereocenters. The Morgan fingerprint density at radius 3 is 2.50 bits per heavy atom. The smallest absolute Gasteiger partial charge is 0.246 e. The zero-order chi connectivity index (χ0) is 13.3. The number of rotatable bonds is 5. The van der Waals surface area contributed by atoms with Gasteiger partial charge in [0.2, 0.25) is 11.8 Å². The second kappa shape index (κ2) is 5.29. The maximum atomic E-state index is 12.5. The molecule has 0 aromatic rings. The molecule has 2 fully saturated rings. The predicted molar refractivity (Wildman–Crippen MR) is 69.9 cm³/mol. The van der Waals surface area contributed by atoms with Crippen LogP contribution in [-0.4, -0.2) is 35.3 Å². The van der Waals surface area contributed by atoms with Gasteiger partial charge in [0.05, 0.1) is 0 Å². The third-order valence-electron chi connectivity index (χ3n) is 4.19. The molecule has 0 bridgehead atoms. The molecule has 0 aromatic heterocycles. The minimum absolute atomic E-state index is 0.0503. The number of nitrogens with zero attached hydrogens (tertiary/aromatic N) is 1. The molecular weight excluding hydrogens is 228 g/mol. The van der Waals surface area contributed by atoms with Gasteiger partial charge >= 0.3 is 0 Å². The number of hydrogen-bond acceptors (Lipinski definition) is 2. The summed E-state index contributed by atoms with van der Waals surface area (Å²) in [6.07, 6.45) is 3.97. The highest BCUT2D eigenvalue weighted by atomic mass is 16.2. The Hall–Kier alpha value is -1.06. The summed E-state index contributed by atoms with van der Waals surface area (Å²) >= 11 is 0. The standard InChI is InChI=1S/C14H24N2O2/c1-4-8-16-12(9(3)5-2)13(17)15-11(14(16)18)10-6-7-10/h9-12H,4-8H2,1-3H3,(H,15,17). The van der Waals surface area contributed by atoms with Gasteiger partial charge in [0.25, 0.3) is 0 Å². The first-order valence-electron chi connectivity index (χ1n) is 7.21. The lowest BCUT2D eigenvalue weighted by Crippen LogP contribution is -2.65. The molecule has 2 rings (SSSR count). The summed E-state index contributed by atoms with van der Waals surface area (Å²) in [5.41, 5.74) is 0. The van der Waals surface area contributed by atoms with Crippen molar-refractivity contribution in [1.29, 1.82) is 0 Å². The Kier molecular flexibility index (Phi) is 3.93. The molecule has 0 radical (unpaired) electrons. The van der Waals surface area contributed by atoms with Crippen molar-refractivity contribution in [3.8, 4) is 0 Å². The van der Waals surface area contributed by atoms with Crippen LogP contribution in [0.1, 0.15) is 46.5 Å². The first kappa shape index (κ1) is 13.4. The summed E-state index contributed by atoms with van der Waals surface area (Å²) in [5.74, 6) is 0.804. The fraction of sp³-hybridized carbons (Fsp3) is 0.857.